The summed E-state index contributed by atoms with van der Waals surface area (Å²) in [6.07, 6.45) is -3.11. The first kappa shape index (κ1) is 12.7. The minimum atomic E-state index is -4.62. The Morgan fingerprint density at radius 2 is 1.77 bits per heavy atom. The van der Waals surface area contributed by atoms with Crippen LogP contribution in [-0.2, 0) is 6.18 Å². The van der Waals surface area contributed by atoms with Crippen LogP contribution in [0, 0.1) is 0 Å². The summed E-state index contributed by atoms with van der Waals surface area (Å²) in [5.41, 5.74) is 1.50. The molecule has 1 aromatic carbocycles. The van der Waals surface area contributed by atoms with Crippen LogP contribution >= 0.6 is 0 Å². The lowest BCUT2D eigenvalue weighted by atomic mass is 10.3. The minimum absolute atomic E-state index is 0.0282. The molecule has 0 amide bonds. The molecular weight excluding hydrogens is 297 g/mol. The summed E-state index contributed by atoms with van der Waals surface area (Å²) >= 11 is 0. The molecule has 0 saturated carbocycles. The molecule has 6 nitrogen and oxygen atoms in total. The Balaban J connectivity index is 1.96. The highest BCUT2D eigenvalue weighted by molar-refractivity contribution is 5.76. The van der Waals surface area contributed by atoms with Gasteiger partial charge >= 0.3 is 6.18 Å². The Kier molecular flexibility index (Phi) is 2.47. The summed E-state index contributed by atoms with van der Waals surface area (Å²) in [5, 5.41) is 10.6. The topological polar surface area (TPSA) is 60.9 Å². The molecule has 0 bridgehead atoms. The van der Waals surface area contributed by atoms with E-state index in [1.165, 1.54) is 12.4 Å². The Hall–Kier alpha value is -2.97. The maximum Gasteiger partial charge on any atom is 0.453 e. The molecule has 0 aliphatic heterocycles. The maximum atomic E-state index is 12.9. The summed E-state index contributed by atoms with van der Waals surface area (Å²) < 4.78 is 41.0. The van der Waals surface area contributed by atoms with Crippen LogP contribution in [0.5, 0.6) is 0 Å². The summed E-state index contributed by atoms with van der Waals surface area (Å²) in [6.45, 7) is 0. The van der Waals surface area contributed by atoms with E-state index in [-0.39, 0.29) is 5.65 Å². The Bertz CT molecular complexity index is 984. The number of benzene rings is 1. The van der Waals surface area contributed by atoms with Crippen molar-refractivity contribution in [3.8, 4) is 5.82 Å². The number of rotatable bonds is 1. The first-order valence-electron chi connectivity index (χ1n) is 6.26. The fourth-order valence-corrected chi connectivity index (χ4v) is 2.23. The number of alkyl halides is 3. The molecule has 0 radical (unpaired) electrons. The summed E-state index contributed by atoms with van der Waals surface area (Å²) in [6, 6.07) is 10.3. The van der Waals surface area contributed by atoms with Crippen LogP contribution < -0.4 is 0 Å². The van der Waals surface area contributed by atoms with E-state index in [9.17, 15) is 13.2 Å². The predicted molar refractivity (Wildman–Crippen MR) is 70.4 cm³/mol. The van der Waals surface area contributed by atoms with E-state index in [1.54, 1.807) is 10.6 Å². The fraction of sp³-hybridized carbons (Fsp3) is 0.0769. The molecule has 0 aliphatic rings. The van der Waals surface area contributed by atoms with E-state index in [2.05, 4.69) is 20.3 Å². The van der Waals surface area contributed by atoms with E-state index in [0.717, 1.165) is 11.0 Å². The van der Waals surface area contributed by atoms with Gasteiger partial charge in [0.2, 0.25) is 0 Å². The molecule has 3 heterocycles. The number of nitrogens with zero attached hydrogens (tertiary/aromatic N) is 6. The van der Waals surface area contributed by atoms with Gasteiger partial charge in [-0.05, 0) is 24.3 Å². The molecule has 22 heavy (non-hydrogen) atoms. The molecule has 110 valence electrons. The van der Waals surface area contributed by atoms with Crippen molar-refractivity contribution in [1.29, 1.82) is 0 Å². The predicted octanol–water partition coefficient (Wildman–Crippen LogP) is 2.48. The lowest BCUT2D eigenvalue weighted by Crippen LogP contribution is -2.13. The molecule has 0 unspecified atom stereocenters. The number of imidazole rings is 1. The second-order valence-electron chi connectivity index (χ2n) is 4.59. The van der Waals surface area contributed by atoms with E-state index in [0.29, 0.717) is 10.3 Å². The van der Waals surface area contributed by atoms with E-state index < -0.39 is 12.0 Å². The molecule has 0 N–H and O–H groups in total. The zero-order valence-electron chi connectivity index (χ0n) is 10.9. The van der Waals surface area contributed by atoms with Gasteiger partial charge in [0.15, 0.2) is 11.5 Å². The first-order chi connectivity index (χ1) is 10.5. The third-order valence-electron chi connectivity index (χ3n) is 3.20. The highest BCUT2D eigenvalue weighted by atomic mass is 19.4. The van der Waals surface area contributed by atoms with Crippen molar-refractivity contribution >= 4 is 16.7 Å². The van der Waals surface area contributed by atoms with Crippen molar-refractivity contribution in [2.24, 2.45) is 0 Å². The lowest BCUT2D eigenvalue weighted by Gasteiger charge is -2.06. The Morgan fingerprint density at radius 3 is 2.59 bits per heavy atom. The van der Waals surface area contributed by atoms with Gasteiger partial charge in [-0.3, -0.25) is 4.57 Å². The molecule has 4 aromatic rings. The molecule has 4 rings (SSSR count). The molecule has 0 atom stereocenters. The van der Waals surface area contributed by atoms with Gasteiger partial charge in [0, 0.05) is 0 Å². The smallest absolute Gasteiger partial charge is 0.281 e. The van der Waals surface area contributed by atoms with Gasteiger partial charge in [-0.15, -0.1) is 15.3 Å². The molecule has 9 heteroatoms. The van der Waals surface area contributed by atoms with Crippen LogP contribution in [0.25, 0.3) is 22.5 Å². The molecule has 3 aromatic heterocycles. The lowest BCUT2D eigenvalue weighted by molar-refractivity contribution is -0.146. The highest BCUT2D eigenvalue weighted by Gasteiger charge is 2.37. The standard InChI is InChI=1S/C13H7F3N6/c14-13(15,16)12-19-18-10-5-6-11(20-22(10)12)21-7-17-8-3-1-2-4-9(8)21/h1-7H. The van der Waals surface area contributed by atoms with Gasteiger partial charge in [-0.2, -0.15) is 17.7 Å². The number of hydrogen-bond donors (Lipinski definition) is 0. The van der Waals surface area contributed by atoms with Crippen molar-refractivity contribution < 1.29 is 13.2 Å². The number of para-hydroxylation sites is 2. The van der Waals surface area contributed by atoms with E-state index >= 15 is 0 Å². The quantitative estimate of drug-likeness (QED) is 0.542. The molecule has 0 aliphatic carbocycles. The highest BCUT2D eigenvalue weighted by Crippen LogP contribution is 2.27. The van der Waals surface area contributed by atoms with E-state index in [4.69, 9.17) is 0 Å². The average molecular weight is 304 g/mol. The average Bonchev–Trinajstić information content (AvgIpc) is 3.10. The zero-order valence-corrected chi connectivity index (χ0v) is 10.9. The summed E-state index contributed by atoms with van der Waals surface area (Å²) in [4.78, 5) is 4.19. The van der Waals surface area contributed by atoms with Crippen LogP contribution in [-0.4, -0.2) is 29.4 Å². The zero-order chi connectivity index (χ0) is 15.3. The third-order valence-corrected chi connectivity index (χ3v) is 3.20. The van der Waals surface area contributed by atoms with Gasteiger partial charge in [-0.25, -0.2) is 4.98 Å². The van der Waals surface area contributed by atoms with Crippen molar-refractivity contribution in [3.05, 3.63) is 48.5 Å². The van der Waals surface area contributed by atoms with Crippen molar-refractivity contribution in [3.63, 3.8) is 0 Å². The van der Waals surface area contributed by atoms with Gasteiger partial charge in [0.05, 0.1) is 11.0 Å². The SMILES string of the molecule is FC(F)(F)c1nnc2ccc(-n3cnc4ccccc43)nn12. The molecule has 0 saturated heterocycles. The van der Waals surface area contributed by atoms with Gasteiger partial charge < -0.3 is 0 Å². The Labute approximate surface area is 120 Å². The van der Waals surface area contributed by atoms with Crippen LogP contribution in [0.3, 0.4) is 0 Å². The van der Waals surface area contributed by atoms with Crippen molar-refractivity contribution in [1.82, 2.24) is 29.4 Å². The molecule has 0 spiro atoms. The van der Waals surface area contributed by atoms with Crippen molar-refractivity contribution in [2.75, 3.05) is 0 Å². The first-order valence-corrected chi connectivity index (χ1v) is 6.26. The normalized spacial score (nSPS) is 12.3. The molecule has 0 fully saturated rings. The fourth-order valence-electron chi connectivity index (χ4n) is 2.23. The van der Waals surface area contributed by atoms with Gasteiger partial charge in [0.1, 0.15) is 6.33 Å². The molecular formula is C13H7F3N6. The van der Waals surface area contributed by atoms with Gasteiger partial charge in [-0.1, -0.05) is 12.1 Å². The van der Waals surface area contributed by atoms with Crippen LogP contribution in [0.15, 0.2) is 42.7 Å². The monoisotopic (exact) mass is 304 g/mol. The second kappa shape index (κ2) is 4.26. The second-order valence-corrected chi connectivity index (χ2v) is 4.59. The number of halogens is 3. The minimum Gasteiger partial charge on any atom is -0.281 e. The van der Waals surface area contributed by atoms with Crippen molar-refractivity contribution in [2.45, 2.75) is 6.18 Å². The number of aromatic nitrogens is 6. The van der Waals surface area contributed by atoms with Crippen LogP contribution in [0.1, 0.15) is 5.82 Å². The number of fused-ring (bicyclic) bond motifs is 2. The van der Waals surface area contributed by atoms with E-state index in [1.807, 2.05) is 24.3 Å². The van der Waals surface area contributed by atoms with Crippen LogP contribution in [0.4, 0.5) is 13.2 Å². The summed E-state index contributed by atoms with van der Waals surface area (Å²) in [5.74, 6) is -0.861. The number of hydrogen-bond acceptors (Lipinski definition) is 4. The maximum absolute atomic E-state index is 12.9. The van der Waals surface area contributed by atoms with Crippen LogP contribution in [0.2, 0.25) is 0 Å². The Morgan fingerprint density at radius 1 is 0.955 bits per heavy atom. The third kappa shape index (κ3) is 1.82. The van der Waals surface area contributed by atoms with Gasteiger partial charge in [0.25, 0.3) is 5.82 Å². The summed E-state index contributed by atoms with van der Waals surface area (Å²) in [7, 11) is 0. The largest absolute Gasteiger partial charge is 0.453 e.